The second-order valence-electron chi connectivity index (χ2n) is 3.14. The molecule has 70 valence electrons. The lowest BCUT2D eigenvalue weighted by Crippen LogP contribution is -1.87. The van der Waals surface area contributed by atoms with Crippen LogP contribution in [0.5, 0.6) is 0 Å². The molecule has 1 N–H and O–H groups in total. The van der Waals surface area contributed by atoms with E-state index in [-0.39, 0.29) is 6.61 Å². The van der Waals surface area contributed by atoms with E-state index in [1.54, 1.807) is 10.8 Å². The van der Waals surface area contributed by atoms with E-state index >= 15 is 0 Å². The van der Waals surface area contributed by atoms with Crippen molar-refractivity contribution in [2.24, 2.45) is 0 Å². The van der Waals surface area contributed by atoms with Gasteiger partial charge in [0.1, 0.15) is 5.58 Å². The molecule has 0 aromatic carbocycles. The average Bonchev–Trinajstić information content (AvgIpc) is 2.82. The number of aliphatic hydroxyl groups is 1. The number of nitrogens with zero attached hydrogens (tertiary/aromatic N) is 2. The summed E-state index contributed by atoms with van der Waals surface area (Å²) in [6.07, 6.45) is 3.47. The third-order valence-electron chi connectivity index (χ3n) is 2.29. The van der Waals surface area contributed by atoms with E-state index < -0.39 is 0 Å². The van der Waals surface area contributed by atoms with Gasteiger partial charge in [0.25, 0.3) is 0 Å². The molecule has 0 aliphatic heterocycles. The predicted molar refractivity (Wildman–Crippen MR) is 50.9 cm³/mol. The summed E-state index contributed by atoms with van der Waals surface area (Å²) in [6, 6.07) is 5.61. The Morgan fingerprint density at radius 3 is 3.21 bits per heavy atom. The normalized spacial score (nSPS) is 11.5. The zero-order valence-electron chi connectivity index (χ0n) is 7.34. The summed E-state index contributed by atoms with van der Waals surface area (Å²) >= 11 is 0. The molecule has 3 aromatic heterocycles. The predicted octanol–water partition coefficient (Wildman–Crippen LogP) is 1.57. The van der Waals surface area contributed by atoms with Gasteiger partial charge in [0, 0.05) is 11.6 Å². The van der Waals surface area contributed by atoms with Crippen molar-refractivity contribution in [3.63, 3.8) is 0 Å². The highest BCUT2D eigenvalue weighted by Crippen LogP contribution is 2.21. The molecule has 3 aromatic rings. The van der Waals surface area contributed by atoms with Crippen molar-refractivity contribution in [3.8, 4) is 0 Å². The van der Waals surface area contributed by atoms with Crippen molar-refractivity contribution >= 4 is 16.5 Å². The molecular formula is C10H8N2O2. The van der Waals surface area contributed by atoms with Gasteiger partial charge in [-0.05, 0) is 18.2 Å². The van der Waals surface area contributed by atoms with E-state index in [1.807, 2.05) is 24.4 Å². The van der Waals surface area contributed by atoms with Crippen LogP contribution in [0.15, 0.2) is 35.1 Å². The quantitative estimate of drug-likeness (QED) is 0.630. The highest BCUT2D eigenvalue weighted by Gasteiger charge is 2.05. The molecule has 0 unspecified atom stereocenters. The molecule has 3 rings (SSSR count). The number of fused-ring (bicyclic) bond motifs is 3. The van der Waals surface area contributed by atoms with Gasteiger partial charge >= 0.3 is 0 Å². The van der Waals surface area contributed by atoms with E-state index in [9.17, 15) is 0 Å². The number of furan rings is 1. The largest absolute Gasteiger partial charge is 0.464 e. The van der Waals surface area contributed by atoms with E-state index in [4.69, 9.17) is 9.52 Å². The van der Waals surface area contributed by atoms with Crippen LogP contribution in [0.1, 0.15) is 5.69 Å². The number of aromatic nitrogens is 2. The van der Waals surface area contributed by atoms with E-state index in [1.165, 1.54) is 0 Å². The van der Waals surface area contributed by atoms with Gasteiger partial charge in [-0.25, -0.2) is 4.52 Å². The van der Waals surface area contributed by atoms with Crippen LogP contribution < -0.4 is 0 Å². The minimum atomic E-state index is -0.0407. The summed E-state index contributed by atoms with van der Waals surface area (Å²) in [7, 11) is 0. The lowest BCUT2D eigenvalue weighted by atomic mass is 10.2. The smallest absolute Gasteiger partial charge is 0.137 e. The molecule has 0 spiro atoms. The maximum atomic E-state index is 8.96. The van der Waals surface area contributed by atoms with E-state index in [2.05, 4.69) is 5.10 Å². The monoisotopic (exact) mass is 188 g/mol. The van der Waals surface area contributed by atoms with Gasteiger partial charge in [0.2, 0.25) is 0 Å². The first-order valence-electron chi connectivity index (χ1n) is 4.34. The minimum Gasteiger partial charge on any atom is -0.464 e. The molecule has 0 radical (unpaired) electrons. The van der Waals surface area contributed by atoms with Gasteiger partial charge in [-0.3, -0.25) is 0 Å². The fraction of sp³-hybridized carbons (Fsp3) is 0.100. The molecule has 0 aliphatic rings. The minimum absolute atomic E-state index is 0.0407. The molecule has 0 atom stereocenters. The third kappa shape index (κ3) is 0.885. The summed E-state index contributed by atoms with van der Waals surface area (Å²) in [6.45, 7) is -0.0407. The van der Waals surface area contributed by atoms with Crippen LogP contribution >= 0.6 is 0 Å². The molecule has 0 bridgehead atoms. The lowest BCUT2D eigenvalue weighted by molar-refractivity contribution is 0.276. The van der Waals surface area contributed by atoms with Gasteiger partial charge in [0.05, 0.1) is 24.1 Å². The molecule has 0 saturated carbocycles. The molecule has 0 saturated heterocycles. The van der Waals surface area contributed by atoms with Crippen LogP contribution in [-0.4, -0.2) is 14.7 Å². The number of pyridine rings is 1. The Morgan fingerprint density at radius 2 is 2.36 bits per heavy atom. The van der Waals surface area contributed by atoms with Crippen LogP contribution in [-0.2, 0) is 6.61 Å². The Balaban J connectivity index is 2.49. The third-order valence-corrected chi connectivity index (χ3v) is 2.29. The molecule has 0 fully saturated rings. The summed E-state index contributed by atoms with van der Waals surface area (Å²) < 4.78 is 7.00. The summed E-state index contributed by atoms with van der Waals surface area (Å²) in [5.74, 6) is 0. The van der Waals surface area contributed by atoms with Gasteiger partial charge in [-0.1, -0.05) is 0 Å². The summed E-state index contributed by atoms with van der Waals surface area (Å²) in [4.78, 5) is 0. The molecule has 3 heterocycles. The Bertz CT molecular complexity index is 594. The molecule has 4 nitrogen and oxygen atoms in total. The van der Waals surface area contributed by atoms with Crippen molar-refractivity contribution < 1.29 is 9.52 Å². The maximum Gasteiger partial charge on any atom is 0.137 e. The first-order valence-corrected chi connectivity index (χ1v) is 4.34. The lowest BCUT2D eigenvalue weighted by Gasteiger charge is -1.92. The van der Waals surface area contributed by atoms with Crippen molar-refractivity contribution in [1.82, 2.24) is 9.61 Å². The van der Waals surface area contributed by atoms with Crippen LogP contribution in [0, 0.1) is 0 Å². The van der Waals surface area contributed by atoms with Crippen LogP contribution in [0.2, 0.25) is 0 Å². The first kappa shape index (κ1) is 7.58. The van der Waals surface area contributed by atoms with Gasteiger partial charge in [-0.2, -0.15) is 5.10 Å². The van der Waals surface area contributed by atoms with Crippen molar-refractivity contribution in [2.75, 3.05) is 0 Å². The maximum absolute atomic E-state index is 8.96. The molecular weight excluding hydrogens is 180 g/mol. The second kappa shape index (κ2) is 2.59. The summed E-state index contributed by atoms with van der Waals surface area (Å²) in [5.41, 5.74) is 2.46. The molecule has 0 aliphatic carbocycles. The first-order chi connectivity index (χ1) is 6.88. The van der Waals surface area contributed by atoms with Gasteiger partial charge < -0.3 is 9.52 Å². The molecule has 4 heteroatoms. The average molecular weight is 188 g/mol. The number of hydrogen-bond acceptors (Lipinski definition) is 3. The molecule has 14 heavy (non-hydrogen) atoms. The Hall–Kier alpha value is -1.81. The zero-order valence-corrected chi connectivity index (χ0v) is 7.34. The van der Waals surface area contributed by atoms with Gasteiger partial charge in [0.15, 0.2) is 0 Å². The van der Waals surface area contributed by atoms with Crippen molar-refractivity contribution in [1.29, 1.82) is 0 Å². The number of hydrogen-bond donors (Lipinski definition) is 1. The van der Waals surface area contributed by atoms with Crippen LogP contribution in [0.3, 0.4) is 0 Å². The van der Waals surface area contributed by atoms with Crippen molar-refractivity contribution in [3.05, 3.63) is 36.4 Å². The summed E-state index contributed by atoms with van der Waals surface area (Å²) in [5, 5.41) is 14.2. The van der Waals surface area contributed by atoms with Crippen molar-refractivity contribution in [2.45, 2.75) is 6.61 Å². The fourth-order valence-electron chi connectivity index (χ4n) is 1.64. The van der Waals surface area contributed by atoms with Crippen LogP contribution in [0.4, 0.5) is 0 Å². The molecule has 0 amide bonds. The topological polar surface area (TPSA) is 50.7 Å². The zero-order chi connectivity index (χ0) is 9.54. The van der Waals surface area contributed by atoms with Crippen LogP contribution in [0.25, 0.3) is 16.5 Å². The Morgan fingerprint density at radius 1 is 1.43 bits per heavy atom. The Labute approximate surface area is 79.4 Å². The fourth-order valence-corrected chi connectivity index (χ4v) is 1.64. The number of rotatable bonds is 1. The Kier molecular flexibility index (Phi) is 1.40. The number of aliphatic hydroxyl groups excluding tert-OH is 1. The highest BCUT2D eigenvalue weighted by atomic mass is 16.3. The standard InChI is InChI=1S/C10H8N2O2/c13-6-7-5-9-8-2-4-14-10(8)1-3-12(9)11-7/h1-5,13H,6H2. The SMILES string of the molecule is OCc1cc2c3ccoc3ccn2n1. The second-order valence-corrected chi connectivity index (χ2v) is 3.14. The highest BCUT2D eigenvalue weighted by molar-refractivity contribution is 5.92. The van der Waals surface area contributed by atoms with E-state index in [0.717, 1.165) is 16.5 Å². The van der Waals surface area contributed by atoms with Gasteiger partial charge in [-0.15, -0.1) is 0 Å². The van der Waals surface area contributed by atoms with E-state index in [0.29, 0.717) is 5.69 Å².